The monoisotopic (exact) mass is 577 g/mol. The van der Waals surface area contributed by atoms with Gasteiger partial charge in [0.2, 0.25) is 11.8 Å². The summed E-state index contributed by atoms with van der Waals surface area (Å²) >= 11 is 14.0. The minimum atomic E-state index is 0.109. The van der Waals surface area contributed by atoms with Crippen LogP contribution in [0.1, 0.15) is 24.2 Å². The van der Waals surface area contributed by atoms with Gasteiger partial charge in [0.15, 0.2) is 5.82 Å². The van der Waals surface area contributed by atoms with Gasteiger partial charge in [-0.05, 0) is 18.6 Å². The van der Waals surface area contributed by atoms with Gasteiger partial charge in [-0.15, -0.1) is 10.2 Å². The van der Waals surface area contributed by atoms with E-state index in [-0.39, 0.29) is 11.9 Å². The van der Waals surface area contributed by atoms with Crippen molar-refractivity contribution in [3.8, 4) is 39.7 Å². The number of fused-ring (bicyclic) bond motifs is 1. The molecule has 1 amide bonds. The fourth-order valence-electron chi connectivity index (χ4n) is 5.28. The first-order valence-corrected chi connectivity index (χ1v) is 14.0. The van der Waals surface area contributed by atoms with Crippen LogP contribution in [0.5, 0.6) is 5.88 Å². The number of ether oxygens (including phenoxy) is 1. The Morgan fingerprint density at radius 3 is 2.52 bits per heavy atom. The lowest BCUT2D eigenvalue weighted by Crippen LogP contribution is -2.35. The van der Waals surface area contributed by atoms with Crippen LogP contribution in [-0.4, -0.2) is 51.9 Å². The van der Waals surface area contributed by atoms with Crippen LogP contribution in [0.2, 0.25) is 10.0 Å². The second-order valence-corrected chi connectivity index (χ2v) is 10.7. The smallest absolute Gasteiger partial charge is 0.220 e. The van der Waals surface area contributed by atoms with Gasteiger partial charge in [0.05, 0.1) is 29.4 Å². The first-order valence-electron chi connectivity index (χ1n) is 13.3. The Balaban J connectivity index is 1.28. The van der Waals surface area contributed by atoms with Crippen molar-refractivity contribution in [2.45, 2.75) is 38.5 Å². The minimum absolute atomic E-state index is 0.109. The Morgan fingerprint density at radius 1 is 1.02 bits per heavy atom. The largest absolute Gasteiger partial charge is 0.481 e. The Hall–Kier alpha value is -3.50. The number of aromatic nitrogens is 4. The summed E-state index contributed by atoms with van der Waals surface area (Å²) < 4.78 is 7.73. The Morgan fingerprint density at radius 2 is 1.77 bits per heavy atom. The highest BCUT2D eigenvalue weighted by molar-refractivity contribution is 6.39. The minimum Gasteiger partial charge on any atom is -0.481 e. The zero-order valence-corrected chi connectivity index (χ0v) is 23.5. The van der Waals surface area contributed by atoms with E-state index in [1.165, 1.54) is 0 Å². The molecule has 11 heteroatoms. The van der Waals surface area contributed by atoms with E-state index in [0.29, 0.717) is 47.7 Å². The number of methoxy groups -OCH3 is 1. The summed E-state index contributed by atoms with van der Waals surface area (Å²) in [5.41, 5.74) is 4.82. The molecule has 0 unspecified atom stereocenters. The summed E-state index contributed by atoms with van der Waals surface area (Å²) in [6.07, 6.45) is 1.43. The number of carbonyl (C=O) groups is 1. The van der Waals surface area contributed by atoms with Crippen molar-refractivity contribution in [1.29, 1.82) is 0 Å². The molecule has 0 radical (unpaired) electrons. The fraction of sp³-hybridized carbons (Fsp3) is 0.310. The highest BCUT2D eigenvalue weighted by atomic mass is 35.5. The molecule has 2 aliphatic rings. The summed E-state index contributed by atoms with van der Waals surface area (Å²) in [5, 5.41) is 19.6. The second kappa shape index (κ2) is 11.5. The van der Waals surface area contributed by atoms with Crippen LogP contribution in [0, 0.1) is 0 Å². The molecular weight excluding hydrogens is 549 g/mol. The molecule has 0 bridgehead atoms. The van der Waals surface area contributed by atoms with Crippen LogP contribution in [0.4, 0.5) is 0 Å². The number of nitrogens with one attached hydrogen (secondary N) is 3. The molecule has 40 heavy (non-hydrogen) atoms. The van der Waals surface area contributed by atoms with Gasteiger partial charge in [-0.2, -0.15) is 0 Å². The van der Waals surface area contributed by atoms with Gasteiger partial charge in [0.25, 0.3) is 0 Å². The third-order valence-corrected chi connectivity index (χ3v) is 8.17. The molecule has 3 N–H and O–H groups in total. The second-order valence-electron chi connectivity index (χ2n) is 9.90. The van der Waals surface area contributed by atoms with Gasteiger partial charge < -0.3 is 25.3 Å². The summed E-state index contributed by atoms with van der Waals surface area (Å²) in [6, 6.07) is 15.8. The van der Waals surface area contributed by atoms with Gasteiger partial charge >= 0.3 is 0 Å². The predicted molar refractivity (Wildman–Crippen MR) is 155 cm³/mol. The van der Waals surface area contributed by atoms with Crippen molar-refractivity contribution in [1.82, 2.24) is 35.7 Å². The molecule has 9 nitrogen and oxygen atoms in total. The van der Waals surface area contributed by atoms with Gasteiger partial charge in [0.1, 0.15) is 5.82 Å². The van der Waals surface area contributed by atoms with Crippen LogP contribution in [0.3, 0.4) is 0 Å². The first-order chi connectivity index (χ1) is 19.5. The standard InChI is InChI=1S/C29H29Cl2N7O2/c1-40-29-17(14-33-15-18-9-11-25(39)34-18)8-10-23(35-29)21-6-2-4-19(26(21)30)20-5-3-7-22(27(20)31)28-37-36-24-16-32-12-13-38(24)28/h2-8,10,18,32-33H,9,11-16H2,1H3,(H,34,39)/t18-/m0/s1. The van der Waals surface area contributed by atoms with Crippen LogP contribution in [0.25, 0.3) is 33.8 Å². The molecule has 4 heterocycles. The number of halogens is 2. The topological polar surface area (TPSA) is 106 Å². The summed E-state index contributed by atoms with van der Waals surface area (Å²) in [4.78, 5) is 16.2. The molecule has 1 saturated heterocycles. The van der Waals surface area contributed by atoms with Gasteiger partial charge in [0, 0.05) is 66.5 Å². The van der Waals surface area contributed by atoms with E-state index in [1.807, 2.05) is 48.5 Å². The van der Waals surface area contributed by atoms with E-state index in [0.717, 1.165) is 59.0 Å². The third kappa shape index (κ3) is 5.17. The van der Waals surface area contributed by atoms with Crippen molar-refractivity contribution in [2.75, 3.05) is 20.2 Å². The molecule has 6 rings (SSSR count). The van der Waals surface area contributed by atoms with Crippen molar-refractivity contribution in [3.05, 3.63) is 70.0 Å². The normalized spacial score (nSPS) is 16.6. The maximum absolute atomic E-state index is 11.4. The average molecular weight is 579 g/mol. The number of pyridine rings is 1. The van der Waals surface area contributed by atoms with Crippen molar-refractivity contribution < 1.29 is 9.53 Å². The molecule has 0 spiro atoms. The van der Waals surface area contributed by atoms with E-state index in [9.17, 15) is 4.79 Å². The van der Waals surface area contributed by atoms with Gasteiger partial charge in [-0.1, -0.05) is 59.6 Å². The van der Waals surface area contributed by atoms with E-state index < -0.39 is 0 Å². The Kier molecular flexibility index (Phi) is 7.71. The quantitative estimate of drug-likeness (QED) is 0.284. The average Bonchev–Trinajstić information content (AvgIpc) is 3.59. The van der Waals surface area contributed by atoms with E-state index in [1.54, 1.807) is 7.11 Å². The third-order valence-electron chi connectivity index (χ3n) is 7.35. The first kappa shape index (κ1) is 26.7. The molecule has 2 aromatic heterocycles. The van der Waals surface area contributed by atoms with Crippen molar-refractivity contribution in [2.24, 2.45) is 0 Å². The zero-order valence-electron chi connectivity index (χ0n) is 22.0. The molecule has 1 atom stereocenters. The lowest BCUT2D eigenvalue weighted by molar-refractivity contribution is -0.119. The summed E-state index contributed by atoms with van der Waals surface area (Å²) in [5.74, 6) is 2.28. The molecular formula is C29H29Cl2N7O2. The molecule has 2 aromatic carbocycles. The van der Waals surface area contributed by atoms with E-state index >= 15 is 0 Å². The van der Waals surface area contributed by atoms with E-state index in [4.69, 9.17) is 32.9 Å². The number of hydrogen-bond donors (Lipinski definition) is 3. The number of amides is 1. The summed E-state index contributed by atoms with van der Waals surface area (Å²) in [6.45, 7) is 3.58. The van der Waals surface area contributed by atoms with Gasteiger partial charge in [-0.25, -0.2) is 4.98 Å². The molecule has 206 valence electrons. The molecule has 2 aliphatic heterocycles. The number of hydrogen-bond acceptors (Lipinski definition) is 7. The Labute approximate surface area is 242 Å². The number of carbonyl (C=O) groups excluding carboxylic acids is 1. The van der Waals surface area contributed by atoms with Crippen molar-refractivity contribution >= 4 is 29.1 Å². The number of rotatable bonds is 8. The highest BCUT2D eigenvalue weighted by Crippen LogP contribution is 2.42. The lowest BCUT2D eigenvalue weighted by atomic mass is 9.99. The van der Waals surface area contributed by atoms with Gasteiger partial charge in [-0.3, -0.25) is 4.79 Å². The Bertz CT molecular complexity index is 1570. The number of nitrogens with zero attached hydrogens (tertiary/aromatic N) is 4. The number of benzene rings is 2. The van der Waals surface area contributed by atoms with Crippen LogP contribution < -0.4 is 20.7 Å². The maximum Gasteiger partial charge on any atom is 0.220 e. The maximum atomic E-state index is 11.4. The van der Waals surface area contributed by atoms with Crippen LogP contribution >= 0.6 is 23.2 Å². The molecule has 0 aliphatic carbocycles. The van der Waals surface area contributed by atoms with Crippen LogP contribution in [0.15, 0.2) is 48.5 Å². The molecule has 0 saturated carbocycles. The summed E-state index contributed by atoms with van der Waals surface area (Å²) in [7, 11) is 1.61. The predicted octanol–water partition coefficient (Wildman–Crippen LogP) is 4.46. The van der Waals surface area contributed by atoms with Crippen molar-refractivity contribution in [3.63, 3.8) is 0 Å². The zero-order chi connectivity index (χ0) is 27.6. The highest BCUT2D eigenvalue weighted by Gasteiger charge is 2.22. The fourth-order valence-corrected chi connectivity index (χ4v) is 5.92. The SMILES string of the molecule is COc1nc(-c2cccc(-c3cccc(-c4nnc5n4CCNC5)c3Cl)c2Cl)ccc1CNC[C@@H]1CCC(=O)N1. The van der Waals surface area contributed by atoms with Crippen LogP contribution in [-0.2, 0) is 24.4 Å². The van der Waals surface area contributed by atoms with E-state index in [2.05, 4.69) is 30.7 Å². The molecule has 4 aromatic rings. The lowest BCUT2D eigenvalue weighted by Gasteiger charge is -2.18. The molecule has 1 fully saturated rings.